The maximum atomic E-state index is 12.5. The van der Waals surface area contributed by atoms with E-state index in [0.29, 0.717) is 12.8 Å². The number of rotatable bonds is 6. The highest BCUT2D eigenvalue weighted by Gasteiger charge is 2.22. The fourth-order valence-electron chi connectivity index (χ4n) is 4.00. The predicted molar refractivity (Wildman–Crippen MR) is 108 cm³/mol. The van der Waals surface area contributed by atoms with Crippen molar-refractivity contribution in [3.05, 3.63) is 64.6 Å². The van der Waals surface area contributed by atoms with Crippen LogP contribution in [0.15, 0.2) is 34.9 Å². The van der Waals surface area contributed by atoms with Crippen LogP contribution in [0.4, 0.5) is 0 Å². The number of carbonyl (C=O) groups excluding carboxylic acids is 1. The molecule has 1 unspecified atom stereocenters. The zero-order valence-electron chi connectivity index (χ0n) is 17.0. The molecule has 0 spiro atoms. The lowest BCUT2D eigenvalue weighted by atomic mass is 10.1. The summed E-state index contributed by atoms with van der Waals surface area (Å²) in [4.78, 5) is 12.5. The van der Waals surface area contributed by atoms with Gasteiger partial charge in [0.05, 0.1) is 5.69 Å². The second-order valence-corrected chi connectivity index (χ2v) is 7.74. The van der Waals surface area contributed by atoms with E-state index in [1.165, 1.54) is 5.56 Å². The normalized spacial score (nSPS) is 16.3. The third-order valence-electron chi connectivity index (χ3n) is 5.68. The van der Waals surface area contributed by atoms with Crippen molar-refractivity contribution >= 4 is 5.91 Å². The summed E-state index contributed by atoms with van der Waals surface area (Å²) < 4.78 is 7.40. The van der Waals surface area contributed by atoms with E-state index in [4.69, 9.17) is 4.52 Å². The lowest BCUT2D eigenvalue weighted by molar-refractivity contribution is -0.121. The number of aromatic nitrogens is 4. The van der Waals surface area contributed by atoms with Gasteiger partial charge >= 0.3 is 0 Å². The number of nitrogens with zero attached hydrogens (tertiary/aromatic N) is 4. The Labute approximate surface area is 170 Å². The number of amides is 1. The number of carbonyl (C=O) groups is 1. The minimum absolute atomic E-state index is 0.0807. The van der Waals surface area contributed by atoms with E-state index in [0.717, 1.165) is 60.9 Å². The molecular formula is C22H27N5O2. The van der Waals surface area contributed by atoms with Crippen molar-refractivity contribution in [1.29, 1.82) is 0 Å². The van der Waals surface area contributed by atoms with Gasteiger partial charge in [0.1, 0.15) is 17.4 Å². The van der Waals surface area contributed by atoms with Gasteiger partial charge in [-0.3, -0.25) is 4.79 Å². The molecule has 0 saturated heterocycles. The first-order chi connectivity index (χ1) is 14.1. The quantitative estimate of drug-likeness (QED) is 0.696. The van der Waals surface area contributed by atoms with Gasteiger partial charge in [0.25, 0.3) is 0 Å². The van der Waals surface area contributed by atoms with E-state index < -0.39 is 0 Å². The van der Waals surface area contributed by atoms with E-state index in [2.05, 4.69) is 37.4 Å². The van der Waals surface area contributed by atoms with Crippen LogP contribution in [0.3, 0.4) is 0 Å². The summed E-state index contributed by atoms with van der Waals surface area (Å²) in [5.74, 6) is 2.89. The van der Waals surface area contributed by atoms with Gasteiger partial charge in [-0.15, -0.1) is 10.2 Å². The number of aryl methyl sites for hydroxylation is 3. The Morgan fingerprint density at radius 1 is 1.21 bits per heavy atom. The third-order valence-corrected chi connectivity index (χ3v) is 5.68. The van der Waals surface area contributed by atoms with Crippen LogP contribution in [-0.4, -0.2) is 31.9 Å². The average Bonchev–Trinajstić information content (AvgIpc) is 3.18. The molecule has 7 nitrogen and oxygen atoms in total. The molecule has 0 aliphatic carbocycles. The second kappa shape index (κ2) is 8.59. The molecule has 4 rings (SSSR count). The summed E-state index contributed by atoms with van der Waals surface area (Å²) in [5, 5.41) is 16.0. The van der Waals surface area contributed by atoms with Crippen molar-refractivity contribution in [2.75, 3.05) is 0 Å². The van der Waals surface area contributed by atoms with Crippen LogP contribution in [-0.2, 0) is 30.6 Å². The monoisotopic (exact) mass is 393 g/mol. The Balaban J connectivity index is 1.32. The molecule has 7 heteroatoms. The van der Waals surface area contributed by atoms with Crippen LogP contribution in [0.5, 0.6) is 0 Å². The van der Waals surface area contributed by atoms with Crippen molar-refractivity contribution in [1.82, 2.24) is 25.2 Å². The average molecular weight is 393 g/mol. The van der Waals surface area contributed by atoms with Crippen molar-refractivity contribution < 1.29 is 9.32 Å². The third kappa shape index (κ3) is 4.55. The molecule has 3 aromatic rings. The van der Waals surface area contributed by atoms with Gasteiger partial charge in [-0.25, -0.2) is 0 Å². The summed E-state index contributed by atoms with van der Waals surface area (Å²) in [6.07, 6.45) is 4.50. The molecule has 0 bridgehead atoms. The molecular weight excluding hydrogens is 366 g/mol. The minimum atomic E-state index is 0.0807. The number of hydrogen-bond acceptors (Lipinski definition) is 5. The molecule has 0 radical (unpaired) electrons. The summed E-state index contributed by atoms with van der Waals surface area (Å²) in [6, 6.07) is 10.5. The molecule has 1 aliphatic rings. The highest BCUT2D eigenvalue weighted by Crippen LogP contribution is 2.18. The zero-order chi connectivity index (χ0) is 20.2. The van der Waals surface area contributed by atoms with Crippen LogP contribution in [0.2, 0.25) is 0 Å². The first kappa shape index (κ1) is 19.4. The highest BCUT2D eigenvalue weighted by molar-refractivity contribution is 5.76. The molecule has 1 aromatic carbocycles. The SMILES string of the molecule is Cc1noc(C)c1CCC(=O)NC1CCc2nnc(Cc3ccccc3)n2CC1. The van der Waals surface area contributed by atoms with Gasteiger partial charge in [-0.1, -0.05) is 35.5 Å². The minimum Gasteiger partial charge on any atom is -0.361 e. The van der Waals surface area contributed by atoms with E-state index in [1.54, 1.807) is 0 Å². The van der Waals surface area contributed by atoms with Gasteiger partial charge in [0, 0.05) is 37.4 Å². The van der Waals surface area contributed by atoms with Crippen LogP contribution in [0.25, 0.3) is 0 Å². The summed E-state index contributed by atoms with van der Waals surface area (Å²) in [7, 11) is 0. The molecule has 0 fully saturated rings. The Morgan fingerprint density at radius 3 is 2.79 bits per heavy atom. The molecule has 3 heterocycles. The molecule has 1 aliphatic heterocycles. The number of nitrogens with one attached hydrogen (secondary N) is 1. The number of fused-ring (bicyclic) bond motifs is 1. The number of hydrogen-bond donors (Lipinski definition) is 1. The highest BCUT2D eigenvalue weighted by atomic mass is 16.5. The van der Waals surface area contributed by atoms with Crippen molar-refractivity contribution in [2.24, 2.45) is 0 Å². The van der Waals surface area contributed by atoms with Gasteiger partial charge < -0.3 is 14.4 Å². The van der Waals surface area contributed by atoms with E-state index >= 15 is 0 Å². The Bertz CT molecular complexity index is 957. The van der Waals surface area contributed by atoms with Crippen LogP contribution < -0.4 is 5.32 Å². The maximum Gasteiger partial charge on any atom is 0.220 e. The summed E-state index contributed by atoms with van der Waals surface area (Å²) >= 11 is 0. The maximum absolute atomic E-state index is 12.5. The van der Waals surface area contributed by atoms with Gasteiger partial charge in [-0.2, -0.15) is 0 Å². The molecule has 29 heavy (non-hydrogen) atoms. The largest absolute Gasteiger partial charge is 0.361 e. The molecule has 1 N–H and O–H groups in total. The second-order valence-electron chi connectivity index (χ2n) is 7.74. The zero-order valence-corrected chi connectivity index (χ0v) is 17.0. The van der Waals surface area contributed by atoms with E-state index in [9.17, 15) is 4.79 Å². The van der Waals surface area contributed by atoms with Crippen molar-refractivity contribution in [2.45, 2.75) is 65.0 Å². The van der Waals surface area contributed by atoms with E-state index in [-0.39, 0.29) is 11.9 Å². The summed E-state index contributed by atoms with van der Waals surface area (Å²) in [6.45, 7) is 4.64. The number of benzene rings is 1. The first-order valence-corrected chi connectivity index (χ1v) is 10.3. The molecule has 152 valence electrons. The topological polar surface area (TPSA) is 85.8 Å². The molecule has 1 amide bonds. The Hall–Kier alpha value is -2.96. The fourth-order valence-corrected chi connectivity index (χ4v) is 4.00. The van der Waals surface area contributed by atoms with Gasteiger partial charge in [0.15, 0.2) is 0 Å². The van der Waals surface area contributed by atoms with Gasteiger partial charge in [0.2, 0.25) is 5.91 Å². The van der Waals surface area contributed by atoms with Crippen molar-refractivity contribution in [3.63, 3.8) is 0 Å². The molecule has 2 aromatic heterocycles. The molecule has 1 atom stereocenters. The van der Waals surface area contributed by atoms with Crippen molar-refractivity contribution in [3.8, 4) is 0 Å². The molecule has 0 saturated carbocycles. The smallest absolute Gasteiger partial charge is 0.220 e. The Kier molecular flexibility index (Phi) is 5.74. The summed E-state index contributed by atoms with van der Waals surface area (Å²) in [5.41, 5.74) is 3.14. The van der Waals surface area contributed by atoms with Crippen LogP contribution in [0.1, 0.15) is 53.5 Å². The standard InChI is InChI=1S/C22H27N5O2/c1-15-19(16(2)29-26-15)9-11-22(28)23-18-8-10-20-24-25-21(27(20)13-12-18)14-17-6-4-3-5-7-17/h3-7,18H,8-14H2,1-2H3,(H,23,28). The lowest BCUT2D eigenvalue weighted by Gasteiger charge is -2.16. The van der Waals surface area contributed by atoms with E-state index in [1.807, 2.05) is 32.0 Å². The fraction of sp³-hybridized carbons (Fsp3) is 0.455. The van der Waals surface area contributed by atoms with Gasteiger partial charge in [-0.05, 0) is 38.7 Å². The predicted octanol–water partition coefficient (Wildman–Crippen LogP) is 2.93. The lowest BCUT2D eigenvalue weighted by Crippen LogP contribution is -2.35. The first-order valence-electron chi connectivity index (χ1n) is 10.3. The van der Waals surface area contributed by atoms with Crippen LogP contribution >= 0.6 is 0 Å². The van der Waals surface area contributed by atoms with Crippen LogP contribution in [0, 0.1) is 13.8 Å². The Morgan fingerprint density at radius 2 is 2.03 bits per heavy atom.